The minimum atomic E-state index is -5.08. The molecule has 0 radical (unpaired) electrons. The minimum Gasteiger partial charge on any atom is -0.475 e. The van der Waals surface area contributed by atoms with E-state index in [-0.39, 0.29) is 0 Å². The molecule has 1 aliphatic rings. The van der Waals surface area contributed by atoms with Crippen LogP contribution in [0.25, 0.3) is 11.3 Å². The number of nitrogens with two attached hydrogens (primary N) is 1. The van der Waals surface area contributed by atoms with Crippen LogP contribution in [0.15, 0.2) is 42.6 Å². The van der Waals surface area contributed by atoms with Crippen LogP contribution in [-0.4, -0.2) is 22.2 Å². The number of alkyl halides is 3. The van der Waals surface area contributed by atoms with Crippen LogP contribution in [0.5, 0.6) is 0 Å². The van der Waals surface area contributed by atoms with E-state index in [1.165, 1.54) is 24.0 Å². The topological polar surface area (TPSA) is 76.2 Å². The number of hydrogen-bond acceptors (Lipinski definition) is 3. The zero-order chi connectivity index (χ0) is 17.7. The second-order valence-electron chi connectivity index (χ2n) is 5.46. The first-order chi connectivity index (χ1) is 11.3. The summed E-state index contributed by atoms with van der Waals surface area (Å²) in [6.45, 7) is 0.551. The average Bonchev–Trinajstić information content (AvgIpc) is 3.40. The van der Waals surface area contributed by atoms with Crippen molar-refractivity contribution in [3.63, 3.8) is 0 Å². The maximum atomic E-state index is 10.6. The summed E-state index contributed by atoms with van der Waals surface area (Å²) >= 11 is 0. The Bertz CT molecular complexity index is 696. The lowest BCUT2D eigenvalue weighted by Gasteiger charge is -2.04. The van der Waals surface area contributed by atoms with Crippen LogP contribution in [0.1, 0.15) is 29.9 Å². The van der Waals surface area contributed by atoms with E-state index in [1.54, 1.807) is 0 Å². The molecule has 0 amide bonds. The Morgan fingerprint density at radius 1 is 1.25 bits per heavy atom. The fraction of sp³-hybridized carbons (Fsp3) is 0.294. The van der Waals surface area contributed by atoms with Crippen molar-refractivity contribution >= 4 is 5.97 Å². The summed E-state index contributed by atoms with van der Waals surface area (Å²) in [6, 6.07) is 12.8. The van der Waals surface area contributed by atoms with E-state index in [2.05, 4.69) is 29.2 Å². The zero-order valence-electron chi connectivity index (χ0n) is 12.8. The van der Waals surface area contributed by atoms with Crippen molar-refractivity contribution in [2.24, 2.45) is 5.73 Å². The third-order valence-corrected chi connectivity index (χ3v) is 3.53. The number of carboxylic acids is 1. The highest BCUT2D eigenvalue weighted by Gasteiger charge is 2.38. The van der Waals surface area contributed by atoms with E-state index >= 15 is 0 Å². The monoisotopic (exact) mass is 338 g/mol. The summed E-state index contributed by atoms with van der Waals surface area (Å²) in [5, 5.41) is 7.12. The molecule has 4 nitrogen and oxygen atoms in total. The van der Waals surface area contributed by atoms with Crippen molar-refractivity contribution in [2.45, 2.75) is 31.5 Å². The fourth-order valence-corrected chi connectivity index (χ4v) is 2.08. The third kappa shape index (κ3) is 5.06. The summed E-state index contributed by atoms with van der Waals surface area (Å²) in [5.74, 6) is -1.97. The molecule has 128 valence electrons. The lowest BCUT2D eigenvalue weighted by Crippen LogP contribution is -2.21. The minimum absolute atomic E-state index is 0.551. The maximum Gasteiger partial charge on any atom is 0.490 e. The zero-order valence-corrected chi connectivity index (χ0v) is 12.8. The fourth-order valence-electron chi connectivity index (χ4n) is 2.08. The first-order valence-corrected chi connectivity index (χ1v) is 7.36. The SMILES string of the molecule is NCc1ccc(-c2cccc(C3CC3)c2)nc1.O=C(O)C(F)(F)F. The van der Waals surface area contributed by atoms with Crippen LogP contribution < -0.4 is 5.73 Å². The number of aliphatic carboxylic acids is 1. The van der Waals surface area contributed by atoms with Gasteiger partial charge in [-0.1, -0.05) is 24.3 Å². The molecule has 0 unspecified atom stereocenters. The molecule has 1 fully saturated rings. The van der Waals surface area contributed by atoms with Gasteiger partial charge in [0.25, 0.3) is 0 Å². The van der Waals surface area contributed by atoms with Crippen LogP contribution in [0.3, 0.4) is 0 Å². The molecule has 3 rings (SSSR count). The van der Waals surface area contributed by atoms with Gasteiger partial charge in [0.2, 0.25) is 0 Å². The molecule has 24 heavy (non-hydrogen) atoms. The van der Waals surface area contributed by atoms with Gasteiger partial charge < -0.3 is 10.8 Å². The summed E-state index contributed by atoms with van der Waals surface area (Å²) < 4.78 is 31.7. The Labute approximate surface area is 137 Å². The highest BCUT2D eigenvalue weighted by molar-refractivity contribution is 5.73. The first-order valence-electron chi connectivity index (χ1n) is 7.36. The van der Waals surface area contributed by atoms with Gasteiger partial charge in [-0.2, -0.15) is 13.2 Å². The van der Waals surface area contributed by atoms with Crippen molar-refractivity contribution < 1.29 is 23.1 Å². The Kier molecular flexibility index (Phi) is 5.56. The summed E-state index contributed by atoms with van der Waals surface area (Å²) in [5.41, 5.74) is 10.3. The van der Waals surface area contributed by atoms with Crippen molar-refractivity contribution in [3.05, 3.63) is 53.7 Å². The molecule has 2 aromatic rings. The number of benzene rings is 1. The molecule has 0 aliphatic heterocycles. The Hall–Kier alpha value is -2.41. The lowest BCUT2D eigenvalue weighted by atomic mass is 10.0. The molecule has 1 aromatic carbocycles. The Morgan fingerprint density at radius 3 is 2.38 bits per heavy atom. The maximum absolute atomic E-state index is 10.6. The number of aromatic nitrogens is 1. The molecular formula is C17H17F3N2O2. The van der Waals surface area contributed by atoms with Gasteiger partial charge in [0.05, 0.1) is 5.69 Å². The van der Waals surface area contributed by atoms with E-state index in [9.17, 15) is 13.2 Å². The molecule has 1 aromatic heterocycles. The Balaban J connectivity index is 0.000000256. The van der Waals surface area contributed by atoms with Crippen LogP contribution in [0, 0.1) is 0 Å². The van der Waals surface area contributed by atoms with Crippen molar-refractivity contribution in [2.75, 3.05) is 0 Å². The molecule has 1 heterocycles. The van der Waals surface area contributed by atoms with E-state index in [0.29, 0.717) is 6.54 Å². The van der Waals surface area contributed by atoms with E-state index < -0.39 is 12.1 Å². The van der Waals surface area contributed by atoms with Crippen molar-refractivity contribution in [3.8, 4) is 11.3 Å². The number of carboxylic acid groups (broad SMARTS) is 1. The number of carbonyl (C=O) groups is 1. The van der Waals surface area contributed by atoms with Gasteiger partial charge in [-0.05, 0) is 42.0 Å². The molecule has 0 saturated heterocycles. The predicted molar refractivity (Wildman–Crippen MR) is 83.2 cm³/mol. The van der Waals surface area contributed by atoms with Gasteiger partial charge >= 0.3 is 12.1 Å². The van der Waals surface area contributed by atoms with Gasteiger partial charge in [0.1, 0.15) is 0 Å². The second kappa shape index (κ2) is 7.44. The van der Waals surface area contributed by atoms with E-state index in [0.717, 1.165) is 17.2 Å². The molecule has 3 N–H and O–H groups in total. The van der Waals surface area contributed by atoms with Crippen LogP contribution >= 0.6 is 0 Å². The van der Waals surface area contributed by atoms with Crippen LogP contribution in [-0.2, 0) is 11.3 Å². The van der Waals surface area contributed by atoms with Crippen LogP contribution in [0.2, 0.25) is 0 Å². The molecule has 0 bridgehead atoms. The number of rotatable bonds is 3. The van der Waals surface area contributed by atoms with Gasteiger partial charge in [0, 0.05) is 18.3 Å². The second-order valence-corrected chi connectivity index (χ2v) is 5.46. The van der Waals surface area contributed by atoms with Gasteiger partial charge in [-0.25, -0.2) is 4.79 Å². The lowest BCUT2D eigenvalue weighted by molar-refractivity contribution is -0.192. The number of nitrogens with zero attached hydrogens (tertiary/aromatic N) is 1. The standard InChI is InChI=1S/C15H16N2.C2HF3O2/c16-9-11-4-7-15(17-10-11)14-3-1-2-13(8-14)12-5-6-12;3-2(4,5)1(6)7/h1-4,7-8,10,12H,5-6,9,16H2;(H,6,7). The molecule has 1 aliphatic carbocycles. The largest absolute Gasteiger partial charge is 0.490 e. The number of hydrogen-bond donors (Lipinski definition) is 2. The predicted octanol–water partition coefficient (Wildman–Crippen LogP) is 3.72. The van der Waals surface area contributed by atoms with Gasteiger partial charge in [-0.3, -0.25) is 4.98 Å². The number of halogens is 3. The highest BCUT2D eigenvalue weighted by atomic mass is 19.4. The number of pyridine rings is 1. The third-order valence-electron chi connectivity index (χ3n) is 3.53. The average molecular weight is 338 g/mol. The van der Waals surface area contributed by atoms with E-state index in [1.807, 2.05) is 18.3 Å². The normalized spacial score (nSPS) is 13.8. The Morgan fingerprint density at radius 2 is 1.92 bits per heavy atom. The summed E-state index contributed by atoms with van der Waals surface area (Å²) in [6.07, 6.45) is -0.550. The smallest absolute Gasteiger partial charge is 0.475 e. The molecule has 0 spiro atoms. The van der Waals surface area contributed by atoms with Crippen molar-refractivity contribution in [1.29, 1.82) is 0 Å². The molecular weight excluding hydrogens is 321 g/mol. The summed E-state index contributed by atoms with van der Waals surface area (Å²) in [4.78, 5) is 13.4. The highest BCUT2D eigenvalue weighted by Crippen LogP contribution is 2.40. The molecule has 0 atom stereocenters. The van der Waals surface area contributed by atoms with E-state index in [4.69, 9.17) is 15.6 Å². The molecule has 1 saturated carbocycles. The summed E-state index contributed by atoms with van der Waals surface area (Å²) in [7, 11) is 0. The molecule has 7 heteroatoms. The van der Waals surface area contributed by atoms with Crippen molar-refractivity contribution in [1.82, 2.24) is 4.98 Å². The quantitative estimate of drug-likeness (QED) is 0.894. The van der Waals surface area contributed by atoms with Crippen LogP contribution in [0.4, 0.5) is 13.2 Å². The van der Waals surface area contributed by atoms with Gasteiger partial charge in [0.15, 0.2) is 0 Å². The first kappa shape index (κ1) is 17.9. The van der Waals surface area contributed by atoms with Gasteiger partial charge in [-0.15, -0.1) is 0 Å².